The number of rotatable bonds is 2. The molecule has 5 nitrogen and oxygen atoms in total. The second-order valence-corrected chi connectivity index (χ2v) is 8.42. The lowest BCUT2D eigenvalue weighted by atomic mass is 9.71. The van der Waals surface area contributed by atoms with E-state index < -0.39 is 20.7 Å². The van der Waals surface area contributed by atoms with Crippen LogP contribution in [0.1, 0.15) is 39.0 Å². The van der Waals surface area contributed by atoms with E-state index in [4.69, 9.17) is 0 Å². The second-order valence-electron chi connectivity index (χ2n) is 6.05. The molecule has 0 radical (unpaired) electrons. The number of carbonyl (C=O) groups is 1. The third-order valence-corrected chi connectivity index (χ3v) is 6.22. The Labute approximate surface area is 114 Å². The summed E-state index contributed by atoms with van der Waals surface area (Å²) >= 11 is 0. The summed E-state index contributed by atoms with van der Waals surface area (Å²) in [5.74, 6) is -0.221. The summed E-state index contributed by atoms with van der Waals surface area (Å²) in [7, 11) is -3.35. The van der Waals surface area contributed by atoms with Gasteiger partial charge < -0.3 is 10.0 Å². The molecule has 6 heteroatoms. The highest BCUT2D eigenvalue weighted by Gasteiger charge is 2.44. The minimum atomic E-state index is -3.35. The molecular weight excluding hydrogens is 266 g/mol. The third kappa shape index (κ3) is 2.94. The zero-order valence-electron chi connectivity index (χ0n) is 11.6. The summed E-state index contributed by atoms with van der Waals surface area (Å²) in [6.45, 7) is 2.40. The van der Waals surface area contributed by atoms with Gasteiger partial charge in [-0.25, -0.2) is 8.42 Å². The van der Waals surface area contributed by atoms with Gasteiger partial charge in [0.1, 0.15) is 5.25 Å². The Bertz CT molecular complexity index is 461. The monoisotopic (exact) mass is 289 g/mol. The number of piperidine rings is 1. The van der Waals surface area contributed by atoms with Gasteiger partial charge in [0.15, 0.2) is 9.84 Å². The van der Waals surface area contributed by atoms with Crippen LogP contribution in [0.5, 0.6) is 0 Å². The molecule has 0 aromatic heterocycles. The van der Waals surface area contributed by atoms with Crippen molar-refractivity contribution >= 4 is 15.7 Å². The molecule has 1 heterocycles. The normalized spacial score (nSPS) is 33.6. The summed E-state index contributed by atoms with van der Waals surface area (Å²) in [6, 6.07) is 0. The molecule has 1 saturated carbocycles. The van der Waals surface area contributed by atoms with Crippen LogP contribution in [0.15, 0.2) is 0 Å². The van der Waals surface area contributed by atoms with Crippen molar-refractivity contribution in [2.75, 3.05) is 19.3 Å². The molecule has 3 atom stereocenters. The molecule has 110 valence electrons. The zero-order chi connectivity index (χ0) is 14.3. The molecule has 0 aromatic carbocycles. The van der Waals surface area contributed by atoms with Crippen LogP contribution < -0.4 is 0 Å². The van der Waals surface area contributed by atoms with E-state index in [1.54, 1.807) is 4.90 Å². The molecular formula is C13H23NO4S. The van der Waals surface area contributed by atoms with Crippen LogP contribution in [-0.4, -0.2) is 54.5 Å². The number of carbonyl (C=O) groups excluding carboxylic acids is 1. The lowest BCUT2D eigenvalue weighted by molar-refractivity contribution is -0.142. The molecule has 1 aliphatic heterocycles. The van der Waals surface area contributed by atoms with E-state index in [0.29, 0.717) is 19.5 Å². The number of sulfone groups is 1. The van der Waals surface area contributed by atoms with E-state index in [0.717, 1.165) is 31.9 Å². The van der Waals surface area contributed by atoms with Gasteiger partial charge in [0, 0.05) is 25.3 Å². The maximum absolute atomic E-state index is 12.2. The predicted molar refractivity (Wildman–Crippen MR) is 72.4 cm³/mol. The minimum absolute atomic E-state index is 0.103. The number of likely N-dealkylation sites (tertiary alicyclic amines) is 1. The van der Waals surface area contributed by atoms with Crippen LogP contribution in [0.2, 0.25) is 0 Å². The first-order valence-corrected chi connectivity index (χ1v) is 8.89. The van der Waals surface area contributed by atoms with Gasteiger partial charge >= 0.3 is 0 Å². The number of hydrogen-bond donors (Lipinski definition) is 1. The fourth-order valence-corrected chi connectivity index (χ4v) is 3.73. The summed E-state index contributed by atoms with van der Waals surface area (Å²) in [4.78, 5) is 13.8. The molecule has 1 aliphatic carbocycles. The molecule has 1 N–H and O–H groups in total. The van der Waals surface area contributed by atoms with E-state index in [2.05, 4.69) is 0 Å². The first-order chi connectivity index (χ1) is 8.74. The van der Waals surface area contributed by atoms with Gasteiger partial charge in [-0.05, 0) is 26.2 Å². The van der Waals surface area contributed by atoms with Crippen LogP contribution in [0, 0.1) is 5.92 Å². The minimum Gasteiger partial charge on any atom is -0.389 e. The first-order valence-electron chi connectivity index (χ1n) is 6.94. The molecule has 0 spiro atoms. The van der Waals surface area contributed by atoms with Crippen molar-refractivity contribution in [3.8, 4) is 0 Å². The molecule has 2 fully saturated rings. The molecule has 2 aliphatic rings. The summed E-state index contributed by atoms with van der Waals surface area (Å²) in [5.41, 5.74) is -0.636. The molecule has 2 rings (SSSR count). The Balaban J connectivity index is 2.07. The van der Waals surface area contributed by atoms with Crippen molar-refractivity contribution in [1.82, 2.24) is 4.90 Å². The number of fused-ring (bicyclic) bond motifs is 1. The second kappa shape index (κ2) is 5.05. The molecule has 0 bridgehead atoms. The molecule has 19 heavy (non-hydrogen) atoms. The largest absolute Gasteiger partial charge is 0.389 e. The first kappa shape index (κ1) is 14.8. The maximum Gasteiger partial charge on any atom is 0.240 e. The standard InChI is InChI=1S/C13H23NO4S/c1-10(19(2,17)18)12(15)14-8-7-13(16)6-4-3-5-11(13)9-14/h10-11,16H,3-9H2,1-2H3. The molecule has 1 amide bonds. The van der Waals surface area contributed by atoms with Crippen LogP contribution in [-0.2, 0) is 14.6 Å². The van der Waals surface area contributed by atoms with E-state index in [1.807, 2.05) is 0 Å². The fraction of sp³-hybridized carbons (Fsp3) is 0.923. The lowest BCUT2D eigenvalue weighted by Gasteiger charge is -2.47. The summed E-state index contributed by atoms with van der Waals surface area (Å²) < 4.78 is 22.9. The van der Waals surface area contributed by atoms with Gasteiger partial charge in [-0.2, -0.15) is 0 Å². The quantitative estimate of drug-likeness (QED) is 0.806. The van der Waals surface area contributed by atoms with Crippen molar-refractivity contribution < 1.29 is 18.3 Å². The van der Waals surface area contributed by atoms with E-state index in [-0.39, 0.29) is 11.8 Å². The van der Waals surface area contributed by atoms with Crippen molar-refractivity contribution in [1.29, 1.82) is 0 Å². The van der Waals surface area contributed by atoms with Crippen molar-refractivity contribution in [3.63, 3.8) is 0 Å². The molecule has 0 aromatic rings. The SMILES string of the molecule is CC(C(=O)N1CCC2(O)CCCCC2C1)S(C)(=O)=O. The Morgan fingerprint density at radius 3 is 2.68 bits per heavy atom. The average Bonchev–Trinajstić information content (AvgIpc) is 2.34. The Morgan fingerprint density at radius 2 is 2.05 bits per heavy atom. The van der Waals surface area contributed by atoms with Crippen molar-refractivity contribution in [2.24, 2.45) is 5.92 Å². The highest BCUT2D eigenvalue weighted by Crippen LogP contribution is 2.39. The number of hydrogen-bond acceptors (Lipinski definition) is 4. The Kier molecular flexibility index (Phi) is 3.93. The highest BCUT2D eigenvalue weighted by molar-refractivity contribution is 7.92. The third-order valence-electron chi connectivity index (χ3n) is 4.73. The van der Waals surface area contributed by atoms with Crippen LogP contribution in [0.25, 0.3) is 0 Å². The topological polar surface area (TPSA) is 74.7 Å². The fourth-order valence-electron chi connectivity index (χ4n) is 3.21. The maximum atomic E-state index is 12.2. The zero-order valence-corrected chi connectivity index (χ0v) is 12.4. The summed E-state index contributed by atoms with van der Waals surface area (Å²) in [5, 5.41) is 9.55. The van der Waals surface area contributed by atoms with Crippen LogP contribution in [0.3, 0.4) is 0 Å². The van der Waals surface area contributed by atoms with Crippen LogP contribution in [0.4, 0.5) is 0 Å². The number of amides is 1. The average molecular weight is 289 g/mol. The molecule has 1 saturated heterocycles. The van der Waals surface area contributed by atoms with E-state index >= 15 is 0 Å². The van der Waals surface area contributed by atoms with Crippen molar-refractivity contribution in [2.45, 2.75) is 49.9 Å². The Hall–Kier alpha value is -0.620. The highest BCUT2D eigenvalue weighted by atomic mass is 32.2. The van der Waals surface area contributed by atoms with E-state index in [9.17, 15) is 18.3 Å². The smallest absolute Gasteiger partial charge is 0.240 e. The van der Waals surface area contributed by atoms with Crippen molar-refractivity contribution in [3.05, 3.63) is 0 Å². The summed E-state index contributed by atoms with van der Waals surface area (Å²) in [6.07, 6.45) is 5.52. The van der Waals surface area contributed by atoms with Gasteiger partial charge in [0.25, 0.3) is 0 Å². The predicted octanol–water partition coefficient (Wildman–Crippen LogP) is 0.573. The molecule has 3 unspecified atom stereocenters. The lowest BCUT2D eigenvalue weighted by Crippen LogP contribution is -2.56. The number of aliphatic hydroxyl groups is 1. The van der Waals surface area contributed by atoms with Gasteiger partial charge in [0.2, 0.25) is 5.91 Å². The van der Waals surface area contributed by atoms with Gasteiger partial charge in [-0.15, -0.1) is 0 Å². The van der Waals surface area contributed by atoms with Gasteiger partial charge in [0.05, 0.1) is 5.60 Å². The Morgan fingerprint density at radius 1 is 1.37 bits per heavy atom. The van der Waals surface area contributed by atoms with E-state index in [1.165, 1.54) is 6.92 Å². The number of nitrogens with zero attached hydrogens (tertiary/aromatic N) is 1. The van der Waals surface area contributed by atoms with Crippen LogP contribution >= 0.6 is 0 Å². The van der Waals surface area contributed by atoms with Gasteiger partial charge in [-0.3, -0.25) is 4.79 Å². The van der Waals surface area contributed by atoms with Gasteiger partial charge in [-0.1, -0.05) is 12.8 Å².